The Morgan fingerprint density at radius 3 is 3.00 bits per heavy atom. The third kappa shape index (κ3) is 5.62. The SMILES string of the molecule is Cl.Cl.Nc1nc(CNC(=O)Cn2ccc(C3CCCNC3)n2)cs1. The van der Waals surface area contributed by atoms with Crippen molar-refractivity contribution in [3.8, 4) is 0 Å². The third-order valence-corrected chi connectivity index (χ3v) is 4.44. The number of amides is 1. The predicted molar refractivity (Wildman–Crippen MR) is 99.9 cm³/mol. The number of hydrogen-bond acceptors (Lipinski definition) is 6. The number of hydrogen-bond donors (Lipinski definition) is 3. The second-order valence-corrected chi connectivity index (χ2v) is 6.32. The number of nitrogens with one attached hydrogen (secondary N) is 2. The fraction of sp³-hybridized carbons (Fsp3) is 0.500. The summed E-state index contributed by atoms with van der Waals surface area (Å²) in [5.74, 6) is 0.374. The fourth-order valence-corrected chi connectivity index (χ4v) is 3.15. The average molecular weight is 393 g/mol. The summed E-state index contributed by atoms with van der Waals surface area (Å²) in [6.45, 7) is 2.67. The average Bonchev–Trinajstić information content (AvgIpc) is 3.15. The number of nitrogens with zero attached hydrogens (tertiary/aromatic N) is 3. The van der Waals surface area contributed by atoms with E-state index in [1.807, 2.05) is 17.6 Å². The highest BCUT2D eigenvalue weighted by Gasteiger charge is 2.17. The maximum Gasteiger partial charge on any atom is 0.242 e. The number of carbonyl (C=O) groups is 1. The van der Waals surface area contributed by atoms with E-state index in [1.54, 1.807) is 4.68 Å². The minimum atomic E-state index is -0.0806. The molecule has 4 N–H and O–H groups in total. The van der Waals surface area contributed by atoms with Crippen LogP contribution in [0.15, 0.2) is 17.6 Å². The molecule has 3 rings (SSSR count). The summed E-state index contributed by atoms with van der Waals surface area (Å²) in [5.41, 5.74) is 7.40. The lowest BCUT2D eigenvalue weighted by atomic mass is 9.97. The molecule has 0 spiro atoms. The van der Waals surface area contributed by atoms with Crippen molar-refractivity contribution in [2.45, 2.75) is 31.8 Å². The van der Waals surface area contributed by atoms with Crippen LogP contribution in [-0.2, 0) is 17.9 Å². The van der Waals surface area contributed by atoms with E-state index in [0.717, 1.165) is 30.9 Å². The Hall–Kier alpha value is -1.35. The molecule has 10 heteroatoms. The molecule has 1 fully saturated rings. The van der Waals surface area contributed by atoms with Gasteiger partial charge in [-0.25, -0.2) is 4.98 Å². The van der Waals surface area contributed by atoms with Gasteiger partial charge in [-0.05, 0) is 25.5 Å². The van der Waals surface area contributed by atoms with Gasteiger partial charge in [-0.3, -0.25) is 9.48 Å². The van der Waals surface area contributed by atoms with E-state index in [-0.39, 0.29) is 37.3 Å². The van der Waals surface area contributed by atoms with Crippen LogP contribution in [0.25, 0.3) is 0 Å². The summed E-state index contributed by atoms with van der Waals surface area (Å²) in [6.07, 6.45) is 4.20. The monoisotopic (exact) mass is 392 g/mol. The molecule has 24 heavy (non-hydrogen) atoms. The molecule has 1 aliphatic heterocycles. The first-order valence-electron chi connectivity index (χ1n) is 7.41. The molecule has 1 atom stereocenters. The van der Waals surface area contributed by atoms with Crippen molar-refractivity contribution in [1.29, 1.82) is 0 Å². The van der Waals surface area contributed by atoms with Crippen LogP contribution < -0.4 is 16.4 Å². The van der Waals surface area contributed by atoms with Gasteiger partial charge in [0.2, 0.25) is 5.91 Å². The van der Waals surface area contributed by atoms with Gasteiger partial charge in [-0.15, -0.1) is 36.2 Å². The summed E-state index contributed by atoms with van der Waals surface area (Å²) < 4.78 is 1.69. The highest BCUT2D eigenvalue weighted by atomic mass is 35.5. The van der Waals surface area contributed by atoms with E-state index >= 15 is 0 Å². The normalized spacial score (nSPS) is 16.8. The lowest BCUT2D eigenvalue weighted by Gasteiger charge is -2.20. The third-order valence-electron chi connectivity index (χ3n) is 3.72. The van der Waals surface area contributed by atoms with Gasteiger partial charge in [0.1, 0.15) is 6.54 Å². The molecule has 7 nitrogen and oxygen atoms in total. The standard InChI is InChI=1S/C14H20N6OS.2ClH/c15-14-18-11(9-22-14)7-17-13(21)8-20-5-3-12(19-20)10-2-1-4-16-6-10;;/h3,5,9-10,16H,1-2,4,6-8H2,(H2,15,18)(H,17,21);2*1H. The van der Waals surface area contributed by atoms with E-state index < -0.39 is 0 Å². The topological polar surface area (TPSA) is 97.9 Å². The molecular formula is C14H22Cl2N6OS. The molecular weight excluding hydrogens is 371 g/mol. The van der Waals surface area contributed by atoms with Gasteiger partial charge in [0, 0.05) is 24.0 Å². The van der Waals surface area contributed by atoms with Crippen LogP contribution in [0.2, 0.25) is 0 Å². The Balaban J connectivity index is 0.00000144. The summed E-state index contributed by atoms with van der Waals surface area (Å²) in [6, 6.07) is 2.01. The van der Waals surface area contributed by atoms with Crippen LogP contribution in [0.4, 0.5) is 5.13 Å². The van der Waals surface area contributed by atoms with Gasteiger partial charge in [0.05, 0.1) is 17.9 Å². The van der Waals surface area contributed by atoms with E-state index in [1.165, 1.54) is 17.8 Å². The Morgan fingerprint density at radius 1 is 1.50 bits per heavy atom. The van der Waals surface area contributed by atoms with Crippen LogP contribution in [-0.4, -0.2) is 33.8 Å². The first kappa shape index (κ1) is 20.7. The first-order valence-corrected chi connectivity index (χ1v) is 8.29. The number of carbonyl (C=O) groups excluding carboxylic acids is 1. The van der Waals surface area contributed by atoms with Crippen molar-refractivity contribution in [3.63, 3.8) is 0 Å². The van der Waals surface area contributed by atoms with Crippen LogP contribution in [0, 0.1) is 0 Å². The molecule has 1 saturated heterocycles. The van der Waals surface area contributed by atoms with Crippen LogP contribution in [0.5, 0.6) is 0 Å². The van der Waals surface area contributed by atoms with Gasteiger partial charge in [0.15, 0.2) is 5.13 Å². The van der Waals surface area contributed by atoms with Gasteiger partial charge in [-0.2, -0.15) is 5.10 Å². The minimum Gasteiger partial charge on any atom is -0.375 e. The van der Waals surface area contributed by atoms with Crippen LogP contribution in [0.1, 0.15) is 30.1 Å². The highest BCUT2D eigenvalue weighted by Crippen LogP contribution is 2.21. The molecule has 2 aromatic heterocycles. The second-order valence-electron chi connectivity index (χ2n) is 5.44. The van der Waals surface area contributed by atoms with Gasteiger partial charge < -0.3 is 16.4 Å². The van der Waals surface area contributed by atoms with Crippen molar-refractivity contribution in [2.24, 2.45) is 0 Å². The van der Waals surface area contributed by atoms with E-state index in [9.17, 15) is 4.79 Å². The molecule has 0 saturated carbocycles. The smallest absolute Gasteiger partial charge is 0.242 e. The van der Waals surface area contributed by atoms with E-state index in [4.69, 9.17) is 5.73 Å². The first-order chi connectivity index (χ1) is 10.7. The van der Waals surface area contributed by atoms with Gasteiger partial charge in [-0.1, -0.05) is 0 Å². The number of halogens is 2. The molecule has 134 valence electrons. The molecule has 1 amide bonds. The van der Waals surface area contributed by atoms with Crippen molar-refractivity contribution in [1.82, 2.24) is 25.4 Å². The number of anilines is 1. The lowest BCUT2D eigenvalue weighted by molar-refractivity contribution is -0.122. The molecule has 3 heterocycles. The maximum absolute atomic E-state index is 11.9. The number of nitrogen functional groups attached to an aromatic ring is 1. The van der Waals surface area contributed by atoms with Crippen molar-refractivity contribution < 1.29 is 4.79 Å². The molecule has 2 aromatic rings. The van der Waals surface area contributed by atoms with Crippen molar-refractivity contribution >= 4 is 47.2 Å². The summed E-state index contributed by atoms with van der Waals surface area (Å²) in [4.78, 5) is 16.0. The zero-order valence-corrected chi connectivity index (χ0v) is 15.6. The summed E-state index contributed by atoms with van der Waals surface area (Å²) in [5, 5.41) is 13.1. The zero-order valence-electron chi connectivity index (χ0n) is 13.1. The largest absolute Gasteiger partial charge is 0.375 e. The van der Waals surface area contributed by atoms with E-state index in [0.29, 0.717) is 17.6 Å². The molecule has 1 aliphatic rings. The number of piperidine rings is 1. The maximum atomic E-state index is 11.9. The molecule has 0 radical (unpaired) electrons. The summed E-state index contributed by atoms with van der Waals surface area (Å²) >= 11 is 1.37. The highest BCUT2D eigenvalue weighted by molar-refractivity contribution is 7.13. The predicted octanol–water partition coefficient (Wildman–Crippen LogP) is 1.55. The van der Waals surface area contributed by atoms with Crippen molar-refractivity contribution in [2.75, 3.05) is 18.8 Å². The summed E-state index contributed by atoms with van der Waals surface area (Å²) in [7, 11) is 0. The van der Waals surface area contributed by atoms with Gasteiger partial charge in [0.25, 0.3) is 0 Å². The molecule has 0 aliphatic carbocycles. The van der Waals surface area contributed by atoms with Crippen molar-refractivity contribution in [3.05, 3.63) is 29.0 Å². The molecule has 0 bridgehead atoms. The quantitative estimate of drug-likeness (QED) is 0.716. The lowest BCUT2D eigenvalue weighted by Crippen LogP contribution is -2.29. The Labute approximate surface area is 157 Å². The Kier molecular flexibility index (Phi) is 8.47. The fourth-order valence-electron chi connectivity index (χ4n) is 2.58. The Morgan fingerprint density at radius 2 is 2.33 bits per heavy atom. The minimum absolute atomic E-state index is 0. The second kappa shape index (κ2) is 9.83. The number of rotatable bonds is 5. The van der Waals surface area contributed by atoms with E-state index in [2.05, 4.69) is 20.7 Å². The number of nitrogens with two attached hydrogens (primary N) is 1. The van der Waals surface area contributed by atoms with Crippen LogP contribution in [0.3, 0.4) is 0 Å². The van der Waals surface area contributed by atoms with Gasteiger partial charge >= 0.3 is 0 Å². The Bertz CT molecular complexity index is 641. The molecule has 1 unspecified atom stereocenters. The molecule has 0 aromatic carbocycles. The number of aromatic nitrogens is 3. The number of thiazole rings is 1. The van der Waals surface area contributed by atoms with Crippen LogP contribution >= 0.6 is 36.2 Å². The zero-order chi connectivity index (χ0) is 15.4.